The Labute approximate surface area is 118 Å². The van der Waals surface area contributed by atoms with E-state index in [1.165, 1.54) is 5.56 Å². The second-order valence-corrected chi connectivity index (χ2v) is 4.81. The Hall–Kier alpha value is -1.58. The van der Waals surface area contributed by atoms with E-state index in [0.717, 1.165) is 17.8 Å². The number of pyridine rings is 1. The highest BCUT2D eigenvalue weighted by Crippen LogP contribution is 2.22. The molecule has 0 bridgehead atoms. The summed E-state index contributed by atoms with van der Waals surface area (Å²) in [6, 6.07) is 12.0. The number of aliphatic hydroxyl groups excluding tert-OH is 1. The molecule has 0 radical (unpaired) electrons. The van der Waals surface area contributed by atoms with Crippen LogP contribution in [0.5, 0.6) is 0 Å². The molecule has 1 N–H and O–H groups in total. The smallest absolute Gasteiger partial charge is 0.129 e. The lowest BCUT2D eigenvalue weighted by atomic mass is 10.1. The maximum absolute atomic E-state index is 9.23. The first-order chi connectivity index (χ1) is 9.20. The third kappa shape index (κ3) is 3.69. The molecule has 0 atom stereocenters. The number of rotatable bonds is 5. The lowest BCUT2D eigenvalue weighted by Gasteiger charge is -2.25. The Morgan fingerprint density at radius 2 is 2.00 bits per heavy atom. The van der Waals surface area contributed by atoms with E-state index in [-0.39, 0.29) is 6.61 Å². The second-order valence-electron chi connectivity index (χ2n) is 4.42. The molecular formula is C15H17ClN2O. The highest BCUT2D eigenvalue weighted by Gasteiger charge is 2.10. The van der Waals surface area contributed by atoms with Crippen molar-refractivity contribution in [3.63, 3.8) is 0 Å². The van der Waals surface area contributed by atoms with Gasteiger partial charge in [0.05, 0.1) is 18.5 Å². The zero-order chi connectivity index (χ0) is 13.7. The van der Waals surface area contributed by atoms with Crippen LogP contribution in [-0.2, 0) is 6.54 Å². The van der Waals surface area contributed by atoms with Crippen molar-refractivity contribution in [3.8, 4) is 0 Å². The Bertz CT molecular complexity index is 531. The number of hydrogen-bond acceptors (Lipinski definition) is 3. The van der Waals surface area contributed by atoms with Gasteiger partial charge in [0.25, 0.3) is 0 Å². The van der Waals surface area contributed by atoms with Gasteiger partial charge in [0.15, 0.2) is 0 Å². The SMILES string of the molecule is Cc1cc(Cl)ncc1N(CCO)Cc1ccccc1. The first kappa shape index (κ1) is 13.8. The third-order valence-corrected chi connectivity index (χ3v) is 3.18. The number of aromatic nitrogens is 1. The summed E-state index contributed by atoms with van der Waals surface area (Å²) in [6.45, 7) is 3.41. The van der Waals surface area contributed by atoms with E-state index >= 15 is 0 Å². The molecule has 4 heteroatoms. The summed E-state index contributed by atoms with van der Waals surface area (Å²) in [6.07, 6.45) is 1.76. The molecular weight excluding hydrogens is 260 g/mol. The van der Waals surface area contributed by atoms with E-state index in [4.69, 9.17) is 11.6 Å². The number of nitrogens with zero attached hydrogens (tertiary/aromatic N) is 2. The molecule has 1 heterocycles. The van der Waals surface area contributed by atoms with Gasteiger partial charge in [0.1, 0.15) is 5.15 Å². The van der Waals surface area contributed by atoms with Gasteiger partial charge in [-0.25, -0.2) is 4.98 Å². The average Bonchev–Trinajstić information content (AvgIpc) is 2.39. The molecule has 1 aromatic heterocycles. The molecule has 1 aromatic carbocycles. The quantitative estimate of drug-likeness (QED) is 0.853. The fourth-order valence-corrected chi connectivity index (χ4v) is 2.27. The van der Waals surface area contributed by atoms with Crippen LogP contribution in [0.25, 0.3) is 0 Å². The predicted molar refractivity (Wildman–Crippen MR) is 78.6 cm³/mol. The first-order valence-corrected chi connectivity index (χ1v) is 6.60. The van der Waals surface area contributed by atoms with Crippen molar-refractivity contribution >= 4 is 17.3 Å². The highest BCUT2D eigenvalue weighted by atomic mass is 35.5. The van der Waals surface area contributed by atoms with Crippen molar-refractivity contribution in [2.45, 2.75) is 13.5 Å². The van der Waals surface area contributed by atoms with Crippen molar-refractivity contribution in [1.29, 1.82) is 0 Å². The average molecular weight is 277 g/mol. The molecule has 3 nitrogen and oxygen atoms in total. The molecule has 100 valence electrons. The van der Waals surface area contributed by atoms with Gasteiger partial charge in [-0.3, -0.25) is 0 Å². The van der Waals surface area contributed by atoms with Crippen molar-refractivity contribution in [2.75, 3.05) is 18.1 Å². The van der Waals surface area contributed by atoms with Gasteiger partial charge < -0.3 is 10.0 Å². The summed E-state index contributed by atoms with van der Waals surface area (Å²) >= 11 is 5.88. The van der Waals surface area contributed by atoms with Crippen LogP contribution >= 0.6 is 11.6 Å². The molecule has 0 saturated carbocycles. The van der Waals surface area contributed by atoms with Gasteiger partial charge in [-0.15, -0.1) is 0 Å². The van der Waals surface area contributed by atoms with E-state index in [2.05, 4.69) is 22.0 Å². The van der Waals surface area contributed by atoms with Crippen LogP contribution in [0.2, 0.25) is 5.15 Å². The van der Waals surface area contributed by atoms with Gasteiger partial charge in [0, 0.05) is 13.1 Å². The van der Waals surface area contributed by atoms with E-state index < -0.39 is 0 Å². The largest absolute Gasteiger partial charge is 0.395 e. The van der Waals surface area contributed by atoms with Gasteiger partial charge in [0.2, 0.25) is 0 Å². The number of aliphatic hydroxyl groups is 1. The van der Waals surface area contributed by atoms with Crippen LogP contribution in [-0.4, -0.2) is 23.2 Å². The van der Waals surface area contributed by atoms with Crippen LogP contribution in [0, 0.1) is 6.92 Å². The standard InChI is InChI=1S/C15H17ClN2O/c1-12-9-15(16)17-10-14(12)18(7-8-19)11-13-5-3-2-4-6-13/h2-6,9-10,19H,7-8,11H2,1H3. The summed E-state index contributed by atoms with van der Waals surface area (Å²) in [5, 5.41) is 9.72. The van der Waals surface area contributed by atoms with Crippen molar-refractivity contribution in [3.05, 3.63) is 58.9 Å². The maximum Gasteiger partial charge on any atom is 0.129 e. The Kier molecular flexibility index (Phi) is 4.77. The summed E-state index contributed by atoms with van der Waals surface area (Å²) in [4.78, 5) is 6.23. The molecule has 2 aromatic rings. The summed E-state index contributed by atoms with van der Waals surface area (Å²) in [5.74, 6) is 0. The minimum atomic E-state index is 0.106. The Balaban J connectivity index is 2.24. The Morgan fingerprint density at radius 1 is 1.26 bits per heavy atom. The van der Waals surface area contributed by atoms with Gasteiger partial charge in [-0.1, -0.05) is 41.9 Å². The summed E-state index contributed by atoms with van der Waals surface area (Å²) in [5.41, 5.74) is 3.26. The zero-order valence-electron chi connectivity index (χ0n) is 10.9. The molecule has 0 saturated heterocycles. The normalized spacial score (nSPS) is 10.5. The van der Waals surface area contributed by atoms with E-state index in [0.29, 0.717) is 11.7 Å². The zero-order valence-corrected chi connectivity index (χ0v) is 11.6. The number of anilines is 1. The number of halogens is 1. The van der Waals surface area contributed by atoms with E-state index in [1.54, 1.807) is 6.20 Å². The first-order valence-electron chi connectivity index (χ1n) is 6.22. The van der Waals surface area contributed by atoms with Crippen molar-refractivity contribution in [2.24, 2.45) is 0 Å². The minimum Gasteiger partial charge on any atom is -0.395 e. The van der Waals surface area contributed by atoms with E-state index in [9.17, 15) is 5.11 Å². The van der Waals surface area contributed by atoms with Crippen molar-refractivity contribution in [1.82, 2.24) is 4.98 Å². The Morgan fingerprint density at radius 3 is 2.63 bits per heavy atom. The fourth-order valence-electron chi connectivity index (χ4n) is 2.05. The molecule has 19 heavy (non-hydrogen) atoms. The maximum atomic E-state index is 9.23. The molecule has 0 aliphatic rings. The fraction of sp³-hybridized carbons (Fsp3) is 0.267. The number of hydrogen-bond donors (Lipinski definition) is 1. The predicted octanol–water partition coefficient (Wildman–Crippen LogP) is 3.04. The van der Waals surface area contributed by atoms with Crippen LogP contribution in [0.15, 0.2) is 42.6 Å². The number of aryl methyl sites for hydroxylation is 1. The highest BCUT2D eigenvalue weighted by molar-refractivity contribution is 6.29. The minimum absolute atomic E-state index is 0.106. The van der Waals surface area contributed by atoms with Crippen LogP contribution in [0.4, 0.5) is 5.69 Å². The van der Waals surface area contributed by atoms with Crippen LogP contribution in [0.3, 0.4) is 0 Å². The topological polar surface area (TPSA) is 36.4 Å². The molecule has 2 rings (SSSR count). The summed E-state index contributed by atoms with van der Waals surface area (Å²) in [7, 11) is 0. The molecule has 0 aliphatic heterocycles. The second kappa shape index (κ2) is 6.55. The lowest BCUT2D eigenvalue weighted by Crippen LogP contribution is -2.26. The number of benzene rings is 1. The van der Waals surface area contributed by atoms with Crippen molar-refractivity contribution < 1.29 is 5.11 Å². The molecule has 0 unspecified atom stereocenters. The van der Waals surface area contributed by atoms with E-state index in [1.807, 2.05) is 31.2 Å². The lowest BCUT2D eigenvalue weighted by molar-refractivity contribution is 0.301. The molecule has 0 spiro atoms. The molecule has 0 aliphatic carbocycles. The van der Waals surface area contributed by atoms with Gasteiger partial charge in [-0.05, 0) is 24.1 Å². The summed E-state index contributed by atoms with van der Waals surface area (Å²) < 4.78 is 0. The van der Waals surface area contributed by atoms with Crippen LogP contribution in [0.1, 0.15) is 11.1 Å². The molecule has 0 fully saturated rings. The third-order valence-electron chi connectivity index (χ3n) is 2.98. The van der Waals surface area contributed by atoms with Crippen LogP contribution < -0.4 is 4.90 Å². The van der Waals surface area contributed by atoms with Gasteiger partial charge >= 0.3 is 0 Å². The van der Waals surface area contributed by atoms with Gasteiger partial charge in [-0.2, -0.15) is 0 Å². The monoisotopic (exact) mass is 276 g/mol. The molecule has 0 amide bonds.